The molecule has 0 bridgehead atoms. The second-order valence-electron chi connectivity index (χ2n) is 12.4. The lowest BCUT2D eigenvalue weighted by molar-refractivity contribution is -0.302. The summed E-state index contributed by atoms with van der Waals surface area (Å²) in [6.07, 6.45) is 19.7. The number of amides is 1. The van der Waals surface area contributed by atoms with Gasteiger partial charge in [0.1, 0.15) is 30.5 Å². The first kappa shape index (κ1) is 42.4. The maximum Gasteiger partial charge on any atom is 0.249 e. The van der Waals surface area contributed by atoms with E-state index in [9.17, 15) is 35.4 Å². The van der Waals surface area contributed by atoms with Crippen LogP contribution in [0, 0.1) is 0 Å². The van der Waals surface area contributed by atoms with Crippen molar-refractivity contribution in [3.05, 3.63) is 36.5 Å². The van der Waals surface area contributed by atoms with E-state index in [0.717, 1.165) is 38.5 Å². The van der Waals surface area contributed by atoms with Crippen LogP contribution < -0.4 is 5.32 Å². The van der Waals surface area contributed by atoms with Crippen molar-refractivity contribution in [3.63, 3.8) is 0 Å². The van der Waals surface area contributed by atoms with Crippen molar-refractivity contribution in [2.24, 2.45) is 0 Å². The van der Waals surface area contributed by atoms with Gasteiger partial charge in [-0.25, -0.2) is 0 Å². The Morgan fingerprint density at radius 2 is 1.30 bits per heavy atom. The number of nitrogens with one attached hydrogen (secondary N) is 1. The molecule has 1 fully saturated rings. The van der Waals surface area contributed by atoms with Crippen LogP contribution in [-0.2, 0) is 14.3 Å². The number of rotatable bonds is 27. The van der Waals surface area contributed by atoms with Crippen LogP contribution in [0.1, 0.15) is 123 Å². The Kier molecular flexibility index (Phi) is 25.2. The Morgan fingerprint density at radius 1 is 0.739 bits per heavy atom. The summed E-state index contributed by atoms with van der Waals surface area (Å²) in [6.45, 7) is 3.45. The number of carbonyl (C=O) groups is 1. The minimum atomic E-state index is -1.61. The number of aliphatic hydroxyl groups excluding tert-OH is 6. The molecule has 46 heavy (non-hydrogen) atoms. The van der Waals surface area contributed by atoms with Crippen molar-refractivity contribution in [2.45, 2.75) is 172 Å². The average Bonchev–Trinajstić information content (AvgIpc) is 3.05. The summed E-state index contributed by atoms with van der Waals surface area (Å²) in [7, 11) is 0. The molecule has 0 aromatic rings. The molecule has 0 aromatic carbocycles. The van der Waals surface area contributed by atoms with Crippen molar-refractivity contribution in [1.29, 1.82) is 0 Å². The van der Waals surface area contributed by atoms with Crippen LogP contribution in [-0.4, -0.2) is 98.7 Å². The van der Waals surface area contributed by atoms with E-state index in [0.29, 0.717) is 12.8 Å². The molecule has 1 heterocycles. The summed E-state index contributed by atoms with van der Waals surface area (Å²) < 4.78 is 11.0. The molecule has 0 saturated carbocycles. The third-order valence-corrected chi connectivity index (χ3v) is 8.29. The number of aliphatic hydroxyl groups is 6. The maximum absolute atomic E-state index is 12.8. The lowest BCUT2D eigenvalue weighted by atomic mass is 9.99. The molecule has 8 unspecified atom stereocenters. The van der Waals surface area contributed by atoms with Gasteiger partial charge in [-0.05, 0) is 51.4 Å². The molecule has 10 heteroatoms. The second kappa shape index (κ2) is 27.3. The van der Waals surface area contributed by atoms with Gasteiger partial charge in [0.15, 0.2) is 6.29 Å². The van der Waals surface area contributed by atoms with E-state index < -0.39 is 61.5 Å². The number of ether oxygens (including phenoxy) is 2. The van der Waals surface area contributed by atoms with Crippen LogP contribution in [0.15, 0.2) is 36.5 Å². The number of allylic oxidation sites excluding steroid dienone is 5. The minimum absolute atomic E-state index is 0.280. The van der Waals surface area contributed by atoms with Crippen molar-refractivity contribution in [3.8, 4) is 0 Å². The topological polar surface area (TPSA) is 169 Å². The van der Waals surface area contributed by atoms with E-state index in [4.69, 9.17) is 9.47 Å². The fourth-order valence-corrected chi connectivity index (χ4v) is 5.21. The monoisotopic (exact) mass is 655 g/mol. The van der Waals surface area contributed by atoms with E-state index in [1.807, 2.05) is 6.08 Å². The Morgan fingerprint density at radius 3 is 1.96 bits per heavy atom. The largest absolute Gasteiger partial charge is 0.394 e. The highest BCUT2D eigenvalue weighted by molar-refractivity contribution is 5.80. The summed E-state index contributed by atoms with van der Waals surface area (Å²) in [5, 5.41) is 64.0. The first-order chi connectivity index (χ1) is 22.3. The highest BCUT2D eigenvalue weighted by atomic mass is 16.7. The fraction of sp³-hybridized carbons (Fsp3) is 0.806. The van der Waals surface area contributed by atoms with Gasteiger partial charge in [0, 0.05) is 0 Å². The van der Waals surface area contributed by atoms with Crippen LogP contribution in [0.4, 0.5) is 0 Å². The number of unbranched alkanes of at least 4 members (excludes halogenated alkanes) is 12. The first-order valence-corrected chi connectivity index (χ1v) is 17.8. The van der Waals surface area contributed by atoms with Gasteiger partial charge in [0.05, 0.1) is 25.4 Å². The zero-order valence-corrected chi connectivity index (χ0v) is 28.4. The van der Waals surface area contributed by atoms with Gasteiger partial charge in [-0.3, -0.25) is 4.79 Å². The predicted molar refractivity (Wildman–Crippen MR) is 181 cm³/mol. The maximum atomic E-state index is 12.8. The van der Waals surface area contributed by atoms with Crippen LogP contribution in [0.2, 0.25) is 0 Å². The minimum Gasteiger partial charge on any atom is -0.394 e. The van der Waals surface area contributed by atoms with E-state index in [1.54, 1.807) is 6.08 Å². The van der Waals surface area contributed by atoms with Crippen molar-refractivity contribution in [2.75, 3.05) is 13.2 Å². The van der Waals surface area contributed by atoms with E-state index >= 15 is 0 Å². The van der Waals surface area contributed by atoms with Crippen molar-refractivity contribution < 1.29 is 44.9 Å². The highest BCUT2D eigenvalue weighted by Gasteiger charge is 2.44. The molecule has 1 aliphatic heterocycles. The molecule has 0 aliphatic carbocycles. The molecular formula is C36H65NO9. The molecule has 0 aromatic heterocycles. The van der Waals surface area contributed by atoms with E-state index in [2.05, 4.69) is 43.5 Å². The quantitative estimate of drug-likeness (QED) is 0.0503. The third kappa shape index (κ3) is 18.6. The fourth-order valence-electron chi connectivity index (χ4n) is 5.21. The molecule has 1 amide bonds. The summed E-state index contributed by atoms with van der Waals surface area (Å²) in [6, 6.07) is -0.998. The molecular weight excluding hydrogens is 590 g/mol. The van der Waals surface area contributed by atoms with Crippen LogP contribution in [0.5, 0.6) is 0 Å². The smallest absolute Gasteiger partial charge is 0.249 e. The van der Waals surface area contributed by atoms with Gasteiger partial charge in [-0.2, -0.15) is 0 Å². The normalized spacial score (nSPS) is 24.2. The van der Waals surface area contributed by atoms with Gasteiger partial charge in [-0.15, -0.1) is 0 Å². The van der Waals surface area contributed by atoms with E-state index in [1.165, 1.54) is 51.4 Å². The molecule has 10 nitrogen and oxygen atoms in total. The zero-order chi connectivity index (χ0) is 34.0. The third-order valence-electron chi connectivity index (χ3n) is 8.29. The molecule has 0 spiro atoms. The van der Waals surface area contributed by atoms with Crippen LogP contribution >= 0.6 is 0 Å². The molecule has 1 rings (SSSR count). The Balaban J connectivity index is 2.63. The lowest BCUT2D eigenvalue weighted by Crippen LogP contribution is -2.60. The van der Waals surface area contributed by atoms with Crippen LogP contribution in [0.3, 0.4) is 0 Å². The Bertz CT molecular complexity index is 834. The standard InChI is InChI=1S/C36H65NO9/c1-3-5-7-9-11-13-14-15-17-18-20-22-24-29(39)28(27-45-36-34(43)33(42)32(41)31(26-38)46-36)37-35(44)30(40)25-23-21-19-16-12-10-8-6-4-2/h10,12,15,17,22,24,28-34,36,38-43H,3-9,11,13-14,16,18-21,23,25-27H2,1-2H3,(H,37,44)/b12-10-,17-15+,24-22+. The number of carbonyl (C=O) groups excluding carboxylic acids is 1. The summed E-state index contributed by atoms with van der Waals surface area (Å²) in [5.41, 5.74) is 0. The van der Waals surface area contributed by atoms with Crippen LogP contribution in [0.25, 0.3) is 0 Å². The molecule has 268 valence electrons. The van der Waals surface area contributed by atoms with Gasteiger partial charge in [0.2, 0.25) is 5.91 Å². The summed E-state index contributed by atoms with van der Waals surface area (Å²) in [5.74, 6) is -0.646. The lowest BCUT2D eigenvalue weighted by Gasteiger charge is -2.40. The molecule has 1 saturated heterocycles. The van der Waals surface area contributed by atoms with Gasteiger partial charge in [0.25, 0.3) is 0 Å². The van der Waals surface area contributed by atoms with Gasteiger partial charge >= 0.3 is 0 Å². The molecule has 0 radical (unpaired) electrons. The first-order valence-electron chi connectivity index (χ1n) is 17.8. The van der Waals surface area contributed by atoms with Crippen molar-refractivity contribution in [1.82, 2.24) is 5.32 Å². The average molecular weight is 656 g/mol. The van der Waals surface area contributed by atoms with Gasteiger partial charge < -0.3 is 45.4 Å². The second-order valence-corrected chi connectivity index (χ2v) is 12.4. The molecule has 1 aliphatic rings. The number of hydrogen-bond donors (Lipinski definition) is 7. The zero-order valence-electron chi connectivity index (χ0n) is 28.4. The molecule has 8 atom stereocenters. The highest BCUT2D eigenvalue weighted by Crippen LogP contribution is 2.22. The van der Waals surface area contributed by atoms with E-state index in [-0.39, 0.29) is 13.0 Å². The summed E-state index contributed by atoms with van der Waals surface area (Å²) >= 11 is 0. The predicted octanol–water partition coefficient (Wildman–Crippen LogP) is 4.35. The summed E-state index contributed by atoms with van der Waals surface area (Å²) in [4.78, 5) is 12.8. The van der Waals surface area contributed by atoms with Gasteiger partial charge in [-0.1, -0.05) is 108 Å². The Labute approximate surface area is 277 Å². The molecule has 7 N–H and O–H groups in total. The number of hydrogen-bond acceptors (Lipinski definition) is 9. The SMILES string of the molecule is CCCC/C=C\CCCCCC(O)C(=O)NC(COC1OC(CO)C(O)C(O)C1O)C(O)/C=C/CC/C=C/CCCCCCCC. The van der Waals surface area contributed by atoms with Crippen molar-refractivity contribution >= 4 is 5.91 Å². The Hall–Kier alpha value is -1.63.